The molecule has 4 heteroatoms. The molecule has 1 heterocycles. The van der Waals surface area contributed by atoms with Crippen LogP contribution in [0.3, 0.4) is 0 Å². The standard InChI is InChI=1S/C17H26N2OS/c1-17(2,3)16(13-7-5-4-6-8-13)19-15(20)11-14-12-21-10-9-18-14/h4-8,14,16,18H,9-12H2,1-3H3,(H,19,20). The summed E-state index contributed by atoms with van der Waals surface area (Å²) < 4.78 is 0. The Bertz CT molecular complexity index is 450. The lowest BCUT2D eigenvalue weighted by Gasteiger charge is -2.33. The van der Waals surface area contributed by atoms with E-state index < -0.39 is 0 Å². The minimum absolute atomic E-state index is 0.00818. The quantitative estimate of drug-likeness (QED) is 0.898. The van der Waals surface area contributed by atoms with Gasteiger partial charge in [0.15, 0.2) is 0 Å². The maximum absolute atomic E-state index is 12.4. The third-order valence-corrected chi connectivity index (χ3v) is 4.87. The van der Waals surface area contributed by atoms with Crippen LogP contribution < -0.4 is 10.6 Å². The highest BCUT2D eigenvalue weighted by molar-refractivity contribution is 7.99. The van der Waals surface area contributed by atoms with E-state index in [2.05, 4.69) is 43.5 Å². The summed E-state index contributed by atoms with van der Waals surface area (Å²) in [5, 5.41) is 6.65. The van der Waals surface area contributed by atoms with Gasteiger partial charge in [-0.15, -0.1) is 0 Å². The van der Waals surface area contributed by atoms with E-state index in [1.165, 1.54) is 5.56 Å². The number of rotatable bonds is 4. The average Bonchev–Trinajstić information content (AvgIpc) is 2.45. The van der Waals surface area contributed by atoms with Gasteiger partial charge in [-0.2, -0.15) is 11.8 Å². The fourth-order valence-electron chi connectivity index (χ4n) is 2.64. The van der Waals surface area contributed by atoms with Crippen molar-refractivity contribution in [3.8, 4) is 0 Å². The van der Waals surface area contributed by atoms with Gasteiger partial charge in [-0.25, -0.2) is 0 Å². The van der Waals surface area contributed by atoms with Crippen molar-refractivity contribution in [2.45, 2.75) is 39.3 Å². The Kier molecular flexibility index (Phi) is 5.71. The summed E-state index contributed by atoms with van der Waals surface area (Å²) in [5.74, 6) is 2.31. The maximum Gasteiger partial charge on any atom is 0.222 e. The molecule has 1 amide bonds. The molecule has 1 aliphatic rings. The first-order valence-corrected chi connectivity index (χ1v) is 8.78. The Morgan fingerprint density at radius 1 is 1.38 bits per heavy atom. The third kappa shape index (κ3) is 5.04. The van der Waals surface area contributed by atoms with Crippen LogP contribution in [0.2, 0.25) is 0 Å². The van der Waals surface area contributed by atoms with Gasteiger partial charge in [0.1, 0.15) is 0 Å². The van der Waals surface area contributed by atoms with Gasteiger partial charge >= 0.3 is 0 Å². The molecule has 2 N–H and O–H groups in total. The molecule has 21 heavy (non-hydrogen) atoms. The molecule has 116 valence electrons. The van der Waals surface area contributed by atoms with Gasteiger partial charge in [-0.05, 0) is 11.0 Å². The van der Waals surface area contributed by atoms with E-state index in [-0.39, 0.29) is 17.4 Å². The molecule has 2 rings (SSSR count). The van der Waals surface area contributed by atoms with Crippen molar-refractivity contribution in [3.05, 3.63) is 35.9 Å². The van der Waals surface area contributed by atoms with E-state index in [9.17, 15) is 4.79 Å². The van der Waals surface area contributed by atoms with Crippen molar-refractivity contribution in [1.82, 2.24) is 10.6 Å². The van der Waals surface area contributed by atoms with Crippen molar-refractivity contribution >= 4 is 17.7 Å². The molecule has 2 unspecified atom stereocenters. The number of thioether (sulfide) groups is 1. The fourth-order valence-corrected chi connectivity index (χ4v) is 3.59. The van der Waals surface area contributed by atoms with Crippen LogP contribution in [0.4, 0.5) is 0 Å². The van der Waals surface area contributed by atoms with Crippen LogP contribution >= 0.6 is 11.8 Å². The van der Waals surface area contributed by atoms with Gasteiger partial charge < -0.3 is 10.6 Å². The SMILES string of the molecule is CC(C)(C)C(NC(=O)CC1CSCCN1)c1ccccc1. The molecule has 0 aromatic heterocycles. The zero-order valence-corrected chi connectivity index (χ0v) is 14.0. The first-order chi connectivity index (χ1) is 9.97. The van der Waals surface area contributed by atoms with Crippen LogP contribution in [-0.4, -0.2) is 30.0 Å². The highest BCUT2D eigenvalue weighted by Gasteiger charge is 2.28. The second-order valence-electron chi connectivity index (χ2n) is 6.71. The fraction of sp³-hybridized carbons (Fsp3) is 0.588. The molecule has 0 aliphatic carbocycles. The number of amides is 1. The van der Waals surface area contributed by atoms with E-state index in [1.807, 2.05) is 30.0 Å². The third-order valence-electron chi connectivity index (χ3n) is 3.73. The first-order valence-electron chi connectivity index (χ1n) is 7.62. The van der Waals surface area contributed by atoms with E-state index >= 15 is 0 Å². The highest BCUT2D eigenvalue weighted by Crippen LogP contribution is 2.32. The van der Waals surface area contributed by atoms with Crippen molar-refractivity contribution in [3.63, 3.8) is 0 Å². The van der Waals surface area contributed by atoms with Gasteiger partial charge in [-0.3, -0.25) is 4.79 Å². The van der Waals surface area contributed by atoms with Crippen molar-refractivity contribution in [2.24, 2.45) is 5.41 Å². The van der Waals surface area contributed by atoms with Crippen molar-refractivity contribution in [1.29, 1.82) is 0 Å². The van der Waals surface area contributed by atoms with Crippen LogP contribution in [0, 0.1) is 5.41 Å². The van der Waals surface area contributed by atoms with E-state index in [4.69, 9.17) is 0 Å². The molecule has 0 bridgehead atoms. The molecular weight excluding hydrogens is 280 g/mol. The molecule has 0 spiro atoms. The maximum atomic E-state index is 12.4. The monoisotopic (exact) mass is 306 g/mol. The molecule has 0 radical (unpaired) electrons. The normalized spacial score (nSPS) is 20.8. The van der Waals surface area contributed by atoms with Gasteiger partial charge in [0.05, 0.1) is 6.04 Å². The second kappa shape index (κ2) is 7.32. The minimum atomic E-state index is -0.00818. The lowest BCUT2D eigenvalue weighted by Crippen LogP contribution is -2.43. The van der Waals surface area contributed by atoms with Crippen LogP contribution in [0.1, 0.15) is 38.8 Å². The Morgan fingerprint density at radius 2 is 2.10 bits per heavy atom. The van der Waals surface area contributed by atoms with E-state index in [0.717, 1.165) is 18.1 Å². The first kappa shape index (κ1) is 16.4. The summed E-state index contributed by atoms with van der Waals surface area (Å²) in [4.78, 5) is 12.4. The topological polar surface area (TPSA) is 41.1 Å². The van der Waals surface area contributed by atoms with Gasteiger partial charge in [0, 0.05) is 30.5 Å². The van der Waals surface area contributed by atoms with Gasteiger partial charge in [-0.1, -0.05) is 51.1 Å². The highest BCUT2D eigenvalue weighted by atomic mass is 32.2. The Hall–Kier alpha value is -1.00. The molecule has 3 nitrogen and oxygen atoms in total. The molecule has 1 aliphatic heterocycles. The molecule has 1 fully saturated rings. The summed E-state index contributed by atoms with van der Waals surface area (Å²) in [5.41, 5.74) is 1.16. The van der Waals surface area contributed by atoms with Crippen LogP contribution in [0.25, 0.3) is 0 Å². The Morgan fingerprint density at radius 3 is 2.67 bits per heavy atom. The van der Waals surface area contributed by atoms with Gasteiger partial charge in [0.2, 0.25) is 5.91 Å². The minimum Gasteiger partial charge on any atom is -0.349 e. The molecular formula is C17H26N2OS. The predicted molar refractivity (Wildman–Crippen MR) is 90.5 cm³/mol. The Balaban J connectivity index is 2.00. The number of carbonyl (C=O) groups is 1. The van der Waals surface area contributed by atoms with Crippen LogP contribution in [0.15, 0.2) is 30.3 Å². The number of hydrogen-bond acceptors (Lipinski definition) is 3. The summed E-state index contributed by atoms with van der Waals surface area (Å²) in [6.45, 7) is 7.50. The molecule has 1 saturated heterocycles. The van der Waals surface area contributed by atoms with Crippen LogP contribution in [-0.2, 0) is 4.79 Å². The Labute approximate surface area is 132 Å². The van der Waals surface area contributed by atoms with Crippen LogP contribution in [0.5, 0.6) is 0 Å². The lowest BCUT2D eigenvalue weighted by molar-refractivity contribution is -0.123. The summed E-state index contributed by atoms with van der Waals surface area (Å²) in [7, 11) is 0. The summed E-state index contributed by atoms with van der Waals surface area (Å²) in [6, 6.07) is 10.6. The van der Waals surface area contributed by atoms with Crippen molar-refractivity contribution in [2.75, 3.05) is 18.1 Å². The number of benzene rings is 1. The van der Waals surface area contributed by atoms with E-state index in [1.54, 1.807) is 0 Å². The zero-order valence-electron chi connectivity index (χ0n) is 13.2. The average molecular weight is 306 g/mol. The summed E-state index contributed by atoms with van der Waals surface area (Å²) in [6.07, 6.45) is 0.562. The van der Waals surface area contributed by atoms with Crippen molar-refractivity contribution < 1.29 is 4.79 Å². The largest absolute Gasteiger partial charge is 0.349 e. The lowest BCUT2D eigenvalue weighted by atomic mass is 9.82. The predicted octanol–water partition coefficient (Wildman–Crippen LogP) is 2.99. The number of hydrogen-bond donors (Lipinski definition) is 2. The summed E-state index contributed by atoms with van der Waals surface area (Å²) >= 11 is 1.92. The molecule has 2 atom stereocenters. The molecule has 1 aromatic carbocycles. The smallest absolute Gasteiger partial charge is 0.222 e. The zero-order chi connectivity index (χ0) is 15.3. The van der Waals surface area contributed by atoms with Gasteiger partial charge in [0.25, 0.3) is 0 Å². The molecule has 0 saturated carbocycles. The molecule has 1 aromatic rings. The van der Waals surface area contributed by atoms with E-state index in [0.29, 0.717) is 12.5 Å². The second-order valence-corrected chi connectivity index (χ2v) is 7.86. The number of nitrogens with one attached hydrogen (secondary N) is 2. The number of carbonyl (C=O) groups excluding carboxylic acids is 1.